The number of alkyl carbamates (subject to hydrolysis) is 1. The summed E-state index contributed by atoms with van der Waals surface area (Å²) in [6.45, 7) is 8.67. The average molecular weight is 559 g/mol. The fraction of sp³-hybridized carbons (Fsp3) is 0.364. The molecule has 0 unspecified atom stereocenters. The summed E-state index contributed by atoms with van der Waals surface area (Å²) in [7, 11) is 0. The fourth-order valence-corrected chi connectivity index (χ4v) is 4.93. The third-order valence-corrected chi connectivity index (χ3v) is 8.27. The fourth-order valence-electron chi connectivity index (χ4n) is 4.93. The largest absolute Gasteiger partial charge is 0.480 e. The number of nitrogens with one attached hydrogen (secondary N) is 2. The lowest BCUT2D eigenvalue weighted by Crippen LogP contribution is -2.62. The number of amides is 2. The van der Waals surface area contributed by atoms with E-state index in [1.165, 1.54) is 0 Å². The summed E-state index contributed by atoms with van der Waals surface area (Å²) in [5.74, 6) is -1.85. The van der Waals surface area contributed by atoms with Crippen LogP contribution < -0.4 is 10.6 Å². The van der Waals surface area contributed by atoms with Crippen LogP contribution in [0.1, 0.15) is 57.2 Å². The Balaban J connectivity index is 1.37. The van der Waals surface area contributed by atoms with Crippen LogP contribution in [0, 0.1) is 5.41 Å². The first-order valence-electron chi connectivity index (χ1n) is 13.7. The number of hydrogen-bond acceptors (Lipinski definition) is 5. The molecule has 1 aliphatic rings. The van der Waals surface area contributed by atoms with Gasteiger partial charge in [0.05, 0.1) is 23.7 Å². The van der Waals surface area contributed by atoms with Crippen LogP contribution in [-0.2, 0) is 25.7 Å². The molecule has 8 nitrogen and oxygen atoms in total. The van der Waals surface area contributed by atoms with Crippen molar-refractivity contribution < 1.29 is 29.0 Å². The van der Waals surface area contributed by atoms with E-state index in [4.69, 9.17) is 9.47 Å². The average Bonchev–Trinajstić information content (AvgIpc) is 3.27. The SMILES string of the molecule is C[C@@H](OCc1ccccc1)[C@H](NC(=O)C(C)(C)C(C)(C)NC(=O)OCC1c2ccccc2-c2ccccc21)C(=O)O. The zero-order valence-corrected chi connectivity index (χ0v) is 24.1. The molecule has 3 N–H and O–H groups in total. The third kappa shape index (κ3) is 6.43. The molecule has 0 saturated heterocycles. The number of aliphatic carboxylic acids is 1. The first-order valence-corrected chi connectivity index (χ1v) is 13.7. The van der Waals surface area contributed by atoms with Gasteiger partial charge in [0.1, 0.15) is 6.61 Å². The number of carboxylic acids is 1. The first kappa shape index (κ1) is 29.8. The highest BCUT2D eigenvalue weighted by atomic mass is 16.5. The number of carbonyl (C=O) groups is 3. The quantitative estimate of drug-likeness (QED) is 0.286. The zero-order valence-electron chi connectivity index (χ0n) is 24.1. The standard InChI is InChI=1S/C33H38N2O6/c1-21(40-19-22-13-7-6-8-14-22)28(29(36)37)34-30(38)32(2,3)33(4,5)35-31(39)41-20-27-25-17-11-9-15-23(25)24-16-10-12-18-26(24)27/h6-18,21,27-28H,19-20H2,1-5H3,(H,34,38)(H,35,39)(H,36,37)/t21-,28+/m1/s1. The summed E-state index contributed by atoms with van der Waals surface area (Å²) in [6.07, 6.45) is -1.46. The van der Waals surface area contributed by atoms with Crippen LogP contribution in [0.5, 0.6) is 0 Å². The van der Waals surface area contributed by atoms with Crippen LogP contribution in [-0.4, -0.2) is 47.4 Å². The minimum atomic E-state index is -1.28. The lowest BCUT2D eigenvalue weighted by atomic mass is 9.73. The normalized spacial score (nSPS) is 14.4. The predicted octanol–water partition coefficient (Wildman–Crippen LogP) is 5.50. The van der Waals surface area contributed by atoms with Gasteiger partial charge < -0.3 is 25.2 Å². The molecule has 3 aromatic carbocycles. The van der Waals surface area contributed by atoms with Crippen LogP contribution >= 0.6 is 0 Å². The zero-order chi connectivity index (χ0) is 29.8. The summed E-state index contributed by atoms with van der Waals surface area (Å²) in [5, 5.41) is 15.3. The van der Waals surface area contributed by atoms with Gasteiger partial charge in [-0.1, -0.05) is 78.9 Å². The van der Waals surface area contributed by atoms with Crippen molar-refractivity contribution in [1.29, 1.82) is 0 Å². The van der Waals surface area contributed by atoms with Gasteiger partial charge in [0.25, 0.3) is 0 Å². The maximum Gasteiger partial charge on any atom is 0.407 e. The van der Waals surface area contributed by atoms with E-state index in [1.54, 1.807) is 34.6 Å². The van der Waals surface area contributed by atoms with E-state index in [-0.39, 0.29) is 19.1 Å². The minimum Gasteiger partial charge on any atom is -0.480 e. The van der Waals surface area contributed by atoms with E-state index in [0.29, 0.717) is 0 Å². The number of hydrogen-bond donors (Lipinski definition) is 3. The van der Waals surface area contributed by atoms with Crippen LogP contribution in [0.15, 0.2) is 78.9 Å². The van der Waals surface area contributed by atoms with Crippen LogP contribution in [0.3, 0.4) is 0 Å². The second-order valence-corrected chi connectivity index (χ2v) is 11.5. The van der Waals surface area contributed by atoms with Crippen molar-refractivity contribution in [1.82, 2.24) is 10.6 Å². The molecule has 0 aliphatic heterocycles. The topological polar surface area (TPSA) is 114 Å². The molecule has 41 heavy (non-hydrogen) atoms. The molecule has 2 amide bonds. The van der Waals surface area contributed by atoms with E-state index in [1.807, 2.05) is 66.7 Å². The van der Waals surface area contributed by atoms with E-state index >= 15 is 0 Å². The summed E-state index contributed by atoms with van der Waals surface area (Å²) in [6, 6.07) is 24.2. The molecule has 0 radical (unpaired) electrons. The number of ether oxygens (including phenoxy) is 2. The summed E-state index contributed by atoms with van der Waals surface area (Å²) in [5.41, 5.74) is 3.06. The molecule has 1 aliphatic carbocycles. The Bertz CT molecular complexity index is 1360. The van der Waals surface area contributed by atoms with Gasteiger partial charge in [0, 0.05) is 5.92 Å². The van der Waals surface area contributed by atoms with Crippen LogP contribution in [0.25, 0.3) is 11.1 Å². The van der Waals surface area contributed by atoms with Gasteiger partial charge in [-0.25, -0.2) is 9.59 Å². The molecule has 0 saturated carbocycles. The van der Waals surface area contributed by atoms with Gasteiger partial charge in [-0.2, -0.15) is 0 Å². The second-order valence-electron chi connectivity index (χ2n) is 11.5. The van der Waals surface area contributed by atoms with E-state index in [9.17, 15) is 19.5 Å². The first-order chi connectivity index (χ1) is 19.4. The maximum atomic E-state index is 13.4. The Labute approximate surface area is 241 Å². The molecule has 0 fully saturated rings. The number of rotatable bonds is 11. The predicted molar refractivity (Wildman–Crippen MR) is 156 cm³/mol. The third-order valence-electron chi connectivity index (χ3n) is 8.27. The molecule has 216 valence electrons. The molecule has 0 spiro atoms. The van der Waals surface area contributed by atoms with Crippen molar-refractivity contribution in [3.8, 4) is 11.1 Å². The summed E-state index contributed by atoms with van der Waals surface area (Å²) in [4.78, 5) is 38.4. The number of benzene rings is 3. The molecule has 0 heterocycles. The summed E-state index contributed by atoms with van der Waals surface area (Å²) >= 11 is 0. The van der Waals surface area contributed by atoms with Gasteiger partial charge in [-0.3, -0.25) is 4.79 Å². The lowest BCUT2D eigenvalue weighted by Gasteiger charge is -2.41. The number of fused-ring (bicyclic) bond motifs is 3. The van der Waals surface area contributed by atoms with Gasteiger partial charge in [-0.05, 0) is 62.4 Å². The molecule has 3 aromatic rings. The summed E-state index contributed by atoms with van der Waals surface area (Å²) < 4.78 is 11.4. The van der Waals surface area contributed by atoms with Crippen LogP contribution in [0.2, 0.25) is 0 Å². The monoisotopic (exact) mass is 558 g/mol. The lowest BCUT2D eigenvalue weighted by molar-refractivity contribution is -0.149. The van der Waals surface area contributed by atoms with Gasteiger partial charge >= 0.3 is 12.1 Å². The second kappa shape index (κ2) is 12.1. The molecular weight excluding hydrogens is 520 g/mol. The van der Waals surface area contributed by atoms with E-state index in [0.717, 1.165) is 27.8 Å². The number of carboxylic acid groups (broad SMARTS) is 1. The molecule has 2 atom stereocenters. The van der Waals surface area contributed by atoms with Crippen molar-refractivity contribution in [2.24, 2.45) is 5.41 Å². The van der Waals surface area contributed by atoms with E-state index in [2.05, 4.69) is 22.8 Å². The number of carbonyl (C=O) groups excluding carboxylic acids is 2. The molecule has 0 aromatic heterocycles. The highest BCUT2D eigenvalue weighted by Gasteiger charge is 2.46. The minimum absolute atomic E-state index is 0.0960. The van der Waals surface area contributed by atoms with Crippen molar-refractivity contribution >= 4 is 18.0 Å². The highest BCUT2D eigenvalue weighted by molar-refractivity contribution is 5.89. The highest BCUT2D eigenvalue weighted by Crippen LogP contribution is 2.44. The smallest absolute Gasteiger partial charge is 0.407 e. The van der Waals surface area contributed by atoms with Gasteiger partial charge in [-0.15, -0.1) is 0 Å². The Kier molecular flexibility index (Phi) is 8.83. The van der Waals surface area contributed by atoms with Crippen molar-refractivity contribution in [2.45, 2.75) is 64.8 Å². The molecule has 0 bridgehead atoms. The van der Waals surface area contributed by atoms with Crippen molar-refractivity contribution in [2.75, 3.05) is 6.61 Å². The van der Waals surface area contributed by atoms with Gasteiger partial charge in [0.2, 0.25) is 5.91 Å². The van der Waals surface area contributed by atoms with Crippen molar-refractivity contribution in [3.05, 3.63) is 95.6 Å². The molecular formula is C33H38N2O6. The Morgan fingerprint density at radius 3 is 1.95 bits per heavy atom. The Hall–Kier alpha value is -4.17. The molecule has 4 rings (SSSR count). The van der Waals surface area contributed by atoms with Crippen molar-refractivity contribution in [3.63, 3.8) is 0 Å². The van der Waals surface area contributed by atoms with E-state index < -0.39 is 41.1 Å². The van der Waals surface area contributed by atoms with Gasteiger partial charge in [0.15, 0.2) is 6.04 Å². The Morgan fingerprint density at radius 2 is 1.39 bits per heavy atom. The molecule has 8 heteroatoms. The Morgan fingerprint density at radius 1 is 0.854 bits per heavy atom. The maximum absolute atomic E-state index is 13.4. The van der Waals surface area contributed by atoms with Crippen LogP contribution in [0.4, 0.5) is 4.79 Å².